The van der Waals surface area contributed by atoms with Crippen LogP contribution in [0, 0.1) is 11.6 Å². The third-order valence-corrected chi connectivity index (χ3v) is 5.84. The molecule has 2 aromatic rings. The van der Waals surface area contributed by atoms with Gasteiger partial charge in [0.05, 0.1) is 5.37 Å². The number of thiocarbonyl (C=S) groups is 1. The van der Waals surface area contributed by atoms with Crippen molar-refractivity contribution < 1.29 is 8.78 Å². The highest BCUT2D eigenvalue weighted by Crippen LogP contribution is 2.44. The predicted molar refractivity (Wildman–Crippen MR) is 94.0 cm³/mol. The Labute approximate surface area is 144 Å². The molecule has 1 heterocycles. The van der Waals surface area contributed by atoms with E-state index in [1.165, 1.54) is 24.3 Å². The van der Waals surface area contributed by atoms with Gasteiger partial charge >= 0.3 is 0 Å². The van der Waals surface area contributed by atoms with Gasteiger partial charge in [0.2, 0.25) is 0 Å². The van der Waals surface area contributed by atoms with Gasteiger partial charge in [-0.3, -0.25) is 4.90 Å². The summed E-state index contributed by atoms with van der Waals surface area (Å²) in [4.78, 5) is 4.15. The zero-order valence-electron chi connectivity index (χ0n) is 12.7. The van der Waals surface area contributed by atoms with E-state index in [4.69, 9.17) is 12.2 Å². The lowest BCUT2D eigenvalue weighted by atomic mass is 10.1. The Morgan fingerprint density at radius 3 is 1.87 bits per heavy atom. The number of halogens is 2. The molecule has 1 aliphatic heterocycles. The molecule has 0 saturated carbocycles. The Bertz CT molecular complexity index is 704. The van der Waals surface area contributed by atoms with Crippen LogP contribution in [-0.2, 0) is 0 Å². The molecule has 0 spiro atoms. The van der Waals surface area contributed by atoms with Crippen molar-refractivity contribution in [2.45, 2.75) is 11.5 Å². The molecule has 1 fully saturated rings. The van der Waals surface area contributed by atoms with Crippen LogP contribution in [0.4, 0.5) is 8.78 Å². The van der Waals surface area contributed by atoms with Gasteiger partial charge in [0.15, 0.2) is 0 Å². The molecule has 1 aliphatic rings. The molecule has 0 aromatic heterocycles. The van der Waals surface area contributed by atoms with E-state index in [1.807, 2.05) is 19.0 Å². The zero-order valence-corrected chi connectivity index (χ0v) is 14.4. The second-order valence-corrected chi connectivity index (χ2v) is 7.20. The summed E-state index contributed by atoms with van der Waals surface area (Å²) in [6.07, 6.45) is -0.0978. The Morgan fingerprint density at radius 1 is 0.870 bits per heavy atom. The van der Waals surface area contributed by atoms with E-state index in [2.05, 4.69) is 4.90 Å². The van der Waals surface area contributed by atoms with Crippen molar-refractivity contribution in [3.8, 4) is 0 Å². The second-order valence-electron chi connectivity index (χ2n) is 5.49. The second kappa shape index (κ2) is 6.55. The number of thioether (sulfide) groups is 1. The first kappa shape index (κ1) is 16.4. The van der Waals surface area contributed by atoms with Gasteiger partial charge in [-0.1, -0.05) is 48.2 Å². The summed E-state index contributed by atoms with van der Waals surface area (Å²) >= 11 is 7.05. The molecule has 2 nitrogen and oxygen atoms in total. The Balaban J connectivity index is 1.96. The van der Waals surface area contributed by atoms with Gasteiger partial charge in [-0.15, -0.1) is 0 Å². The molecular formula is C17H16F2N2S2. The lowest BCUT2D eigenvalue weighted by Crippen LogP contribution is -2.45. The first-order chi connectivity index (χ1) is 11.0. The molecule has 6 heteroatoms. The van der Waals surface area contributed by atoms with Crippen LogP contribution in [0.15, 0.2) is 48.5 Å². The average molecular weight is 350 g/mol. The normalized spacial score (nSPS) is 22.4. The van der Waals surface area contributed by atoms with E-state index in [9.17, 15) is 8.78 Å². The van der Waals surface area contributed by atoms with Gasteiger partial charge in [-0.2, -0.15) is 0 Å². The highest BCUT2D eigenvalue weighted by atomic mass is 32.2. The molecule has 0 bridgehead atoms. The van der Waals surface area contributed by atoms with E-state index < -0.39 is 0 Å². The van der Waals surface area contributed by atoms with Crippen molar-refractivity contribution in [2.75, 3.05) is 14.1 Å². The molecule has 0 radical (unpaired) electrons. The van der Waals surface area contributed by atoms with E-state index in [1.54, 1.807) is 36.0 Å². The fourth-order valence-electron chi connectivity index (χ4n) is 2.79. The maximum atomic E-state index is 13.2. The van der Waals surface area contributed by atoms with Crippen molar-refractivity contribution in [1.29, 1.82) is 0 Å². The van der Waals surface area contributed by atoms with E-state index in [0.29, 0.717) is 0 Å². The molecule has 0 aliphatic carbocycles. The molecular weight excluding hydrogens is 334 g/mol. The number of hydrogen-bond donors (Lipinski definition) is 0. The number of rotatable bonds is 2. The fourth-order valence-corrected chi connectivity index (χ4v) is 4.19. The summed E-state index contributed by atoms with van der Waals surface area (Å²) in [6, 6.07) is 12.9. The van der Waals surface area contributed by atoms with Crippen molar-refractivity contribution in [2.24, 2.45) is 0 Å². The molecule has 1 saturated heterocycles. The van der Waals surface area contributed by atoms with Crippen molar-refractivity contribution in [3.05, 3.63) is 71.3 Å². The van der Waals surface area contributed by atoms with Crippen molar-refractivity contribution >= 4 is 28.3 Å². The maximum absolute atomic E-state index is 13.2. The minimum Gasteiger partial charge on any atom is -0.341 e. The van der Waals surface area contributed by atoms with Gasteiger partial charge in [0.25, 0.3) is 0 Å². The summed E-state index contributed by atoms with van der Waals surface area (Å²) in [5.41, 5.74) is 1.95. The first-order valence-corrected chi connectivity index (χ1v) is 8.42. The van der Waals surface area contributed by atoms with Crippen molar-refractivity contribution in [1.82, 2.24) is 9.80 Å². The standard InChI is InChI=1S/C17H16F2N2S2/c1-20-15(11-3-7-13(18)8-4-11)21(2)17(22)23-16(20)12-5-9-14(19)10-6-12/h3-10,15-16H,1-2H3/t15-,16+/m0/s1. The van der Waals surface area contributed by atoms with Crippen LogP contribution < -0.4 is 0 Å². The molecule has 0 amide bonds. The van der Waals surface area contributed by atoms with Crippen LogP contribution >= 0.6 is 24.0 Å². The monoisotopic (exact) mass is 350 g/mol. The molecule has 3 rings (SSSR count). The largest absolute Gasteiger partial charge is 0.341 e. The van der Waals surface area contributed by atoms with Crippen LogP contribution in [0.5, 0.6) is 0 Å². The van der Waals surface area contributed by atoms with E-state index >= 15 is 0 Å². The molecule has 0 unspecified atom stereocenters. The predicted octanol–water partition coefficient (Wildman–Crippen LogP) is 4.56. The van der Waals surface area contributed by atoms with Crippen LogP contribution in [0.2, 0.25) is 0 Å². The Kier molecular flexibility index (Phi) is 4.66. The summed E-state index contributed by atoms with van der Waals surface area (Å²) < 4.78 is 27.1. The Hall–Kier alpha value is -1.50. The minimum atomic E-state index is -0.262. The Morgan fingerprint density at radius 2 is 1.35 bits per heavy atom. The summed E-state index contributed by atoms with van der Waals surface area (Å²) in [7, 11) is 3.92. The van der Waals surface area contributed by atoms with Crippen LogP contribution in [0.3, 0.4) is 0 Å². The quantitative estimate of drug-likeness (QED) is 0.732. The van der Waals surface area contributed by atoms with Gasteiger partial charge < -0.3 is 4.90 Å². The van der Waals surface area contributed by atoms with E-state index in [-0.39, 0.29) is 23.2 Å². The highest BCUT2D eigenvalue weighted by molar-refractivity contribution is 8.23. The molecule has 120 valence electrons. The van der Waals surface area contributed by atoms with Gasteiger partial charge in [-0.05, 0) is 42.4 Å². The third kappa shape index (κ3) is 3.24. The van der Waals surface area contributed by atoms with Crippen LogP contribution in [-0.4, -0.2) is 28.2 Å². The molecule has 2 aromatic carbocycles. The number of hydrogen-bond acceptors (Lipinski definition) is 3. The molecule has 23 heavy (non-hydrogen) atoms. The number of benzene rings is 2. The topological polar surface area (TPSA) is 6.48 Å². The minimum absolute atomic E-state index is 0.0191. The fraction of sp³-hybridized carbons (Fsp3) is 0.235. The molecule has 2 atom stereocenters. The maximum Gasteiger partial charge on any atom is 0.139 e. The SMILES string of the molecule is CN1C(=S)S[C@H](c2ccc(F)cc2)N(C)[C@@H]1c1ccc(F)cc1. The molecule has 0 N–H and O–H groups in total. The summed E-state index contributed by atoms with van der Waals surface area (Å²) in [5.74, 6) is -0.520. The first-order valence-electron chi connectivity index (χ1n) is 7.13. The van der Waals surface area contributed by atoms with Gasteiger partial charge in [0.1, 0.15) is 22.1 Å². The van der Waals surface area contributed by atoms with E-state index in [0.717, 1.165) is 15.4 Å². The smallest absolute Gasteiger partial charge is 0.139 e. The zero-order chi connectivity index (χ0) is 16.6. The summed E-state index contributed by atoms with van der Waals surface area (Å²) in [5, 5.41) is -0.0191. The van der Waals surface area contributed by atoms with Gasteiger partial charge in [0, 0.05) is 7.05 Å². The average Bonchev–Trinajstić information content (AvgIpc) is 2.54. The lowest BCUT2D eigenvalue weighted by Gasteiger charge is -2.46. The highest BCUT2D eigenvalue weighted by Gasteiger charge is 2.36. The third-order valence-electron chi connectivity index (χ3n) is 3.95. The lowest BCUT2D eigenvalue weighted by molar-refractivity contribution is 0.122. The van der Waals surface area contributed by atoms with Crippen LogP contribution in [0.25, 0.3) is 0 Å². The van der Waals surface area contributed by atoms with Crippen molar-refractivity contribution in [3.63, 3.8) is 0 Å². The summed E-state index contributed by atoms with van der Waals surface area (Å²) in [6.45, 7) is 0. The van der Waals surface area contributed by atoms with Crippen LogP contribution in [0.1, 0.15) is 22.7 Å². The number of nitrogens with zero attached hydrogens (tertiary/aromatic N) is 2. The van der Waals surface area contributed by atoms with Gasteiger partial charge in [-0.25, -0.2) is 8.78 Å².